The van der Waals surface area contributed by atoms with E-state index in [-0.39, 0.29) is 23.5 Å². The number of nitrogens with one attached hydrogen (secondary N) is 1. The smallest absolute Gasteiger partial charge is 0.227 e. The van der Waals surface area contributed by atoms with E-state index >= 15 is 0 Å². The van der Waals surface area contributed by atoms with Gasteiger partial charge in [0, 0.05) is 44.4 Å². The van der Waals surface area contributed by atoms with Gasteiger partial charge in [-0.15, -0.1) is 0 Å². The van der Waals surface area contributed by atoms with Gasteiger partial charge in [0.15, 0.2) is 0 Å². The molecule has 172 valence electrons. The summed E-state index contributed by atoms with van der Waals surface area (Å²) in [4.78, 5) is 28.8. The molecular weight excluding hydrogens is 419 g/mol. The molecule has 1 N–H and O–H groups in total. The summed E-state index contributed by atoms with van der Waals surface area (Å²) < 4.78 is 13.1. The Morgan fingerprint density at radius 2 is 1.91 bits per heavy atom. The van der Waals surface area contributed by atoms with Crippen LogP contribution in [0.1, 0.15) is 24.1 Å². The van der Waals surface area contributed by atoms with Crippen molar-refractivity contribution in [2.45, 2.75) is 25.7 Å². The number of aryl methyl sites for hydroxylation is 1. The molecular formula is C26H29FN4O2. The van der Waals surface area contributed by atoms with Crippen molar-refractivity contribution in [2.24, 2.45) is 5.92 Å². The van der Waals surface area contributed by atoms with Crippen molar-refractivity contribution in [1.29, 1.82) is 0 Å². The van der Waals surface area contributed by atoms with Gasteiger partial charge in [-0.05, 0) is 55.2 Å². The highest BCUT2D eigenvalue weighted by Gasteiger charge is 2.35. The summed E-state index contributed by atoms with van der Waals surface area (Å²) in [6.45, 7) is 1.75. The van der Waals surface area contributed by atoms with E-state index in [1.54, 1.807) is 24.1 Å². The minimum absolute atomic E-state index is 0.0298. The molecule has 7 heteroatoms. The Morgan fingerprint density at radius 3 is 2.67 bits per heavy atom. The van der Waals surface area contributed by atoms with Crippen molar-refractivity contribution in [3.63, 3.8) is 0 Å². The molecule has 1 saturated heterocycles. The maximum absolute atomic E-state index is 13.1. The average Bonchev–Trinajstić information content (AvgIpc) is 3.45. The van der Waals surface area contributed by atoms with Crippen molar-refractivity contribution in [2.75, 3.05) is 26.7 Å². The standard InChI is InChI=1S/C26H29FN4O2/c1-30(14-5-8-23-17-24(29-28-23)20-9-11-22(27)12-10-20)26(33)21-16-25(32)31(18-21)15-13-19-6-3-2-4-7-19/h2-4,6-7,9-12,17,21H,5,8,13-16,18H2,1H3,(H,28,29). The van der Waals surface area contributed by atoms with E-state index in [1.165, 1.54) is 17.7 Å². The van der Waals surface area contributed by atoms with Gasteiger partial charge in [0.25, 0.3) is 0 Å². The lowest BCUT2D eigenvalue weighted by molar-refractivity contribution is -0.134. The van der Waals surface area contributed by atoms with Gasteiger partial charge in [0.05, 0.1) is 11.6 Å². The van der Waals surface area contributed by atoms with Crippen molar-refractivity contribution in [3.8, 4) is 11.3 Å². The summed E-state index contributed by atoms with van der Waals surface area (Å²) in [7, 11) is 1.80. The summed E-state index contributed by atoms with van der Waals surface area (Å²) >= 11 is 0. The SMILES string of the molecule is CN(CCCc1cc(-c2ccc(F)cc2)n[nH]1)C(=O)C1CC(=O)N(CCc2ccccc2)C1. The van der Waals surface area contributed by atoms with Gasteiger partial charge in [-0.3, -0.25) is 14.7 Å². The topological polar surface area (TPSA) is 69.3 Å². The van der Waals surface area contributed by atoms with Crippen LogP contribution in [0.2, 0.25) is 0 Å². The fourth-order valence-electron chi connectivity index (χ4n) is 4.25. The van der Waals surface area contributed by atoms with E-state index < -0.39 is 0 Å². The number of halogens is 1. The number of hydrogen-bond donors (Lipinski definition) is 1. The molecule has 1 atom stereocenters. The number of aromatic amines is 1. The van der Waals surface area contributed by atoms with Crippen LogP contribution < -0.4 is 0 Å². The van der Waals surface area contributed by atoms with E-state index in [4.69, 9.17) is 0 Å². The summed E-state index contributed by atoms with van der Waals surface area (Å²) in [6, 6.07) is 18.3. The first kappa shape index (κ1) is 22.7. The Kier molecular flexibility index (Phi) is 7.17. The highest BCUT2D eigenvalue weighted by Crippen LogP contribution is 2.21. The van der Waals surface area contributed by atoms with Gasteiger partial charge in [-0.25, -0.2) is 4.39 Å². The number of aromatic nitrogens is 2. The van der Waals surface area contributed by atoms with Gasteiger partial charge in [0.2, 0.25) is 11.8 Å². The largest absolute Gasteiger partial charge is 0.345 e. The number of likely N-dealkylation sites (tertiary alicyclic amines) is 1. The van der Waals surface area contributed by atoms with E-state index in [1.807, 2.05) is 29.2 Å². The third kappa shape index (κ3) is 5.86. The molecule has 4 rings (SSSR count). The van der Waals surface area contributed by atoms with E-state index in [2.05, 4.69) is 22.3 Å². The number of hydrogen-bond acceptors (Lipinski definition) is 3. The molecule has 0 aliphatic carbocycles. The maximum Gasteiger partial charge on any atom is 0.227 e. The zero-order valence-corrected chi connectivity index (χ0v) is 18.8. The van der Waals surface area contributed by atoms with Gasteiger partial charge in [-0.2, -0.15) is 5.10 Å². The van der Waals surface area contributed by atoms with Crippen molar-refractivity contribution in [3.05, 3.63) is 77.7 Å². The maximum atomic E-state index is 13.1. The molecule has 1 aromatic heterocycles. The lowest BCUT2D eigenvalue weighted by atomic mass is 10.1. The fourth-order valence-corrected chi connectivity index (χ4v) is 4.25. The molecule has 2 amide bonds. The normalized spacial score (nSPS) is 15.8. The number of nitrogens with zero attached hydrogens (tertiary/aromatic N) is 3. The fraction of sp³-hybridized carbons (Fsp3) is 0.346. The summed E-state index contributed by atoms with van der Waals surface area (Å²) in [6.07, 6.45) is 2.62. The second kappa shape index (κ2) is 10.4. The molecule has 1 fully saturated rings. The van der Waals surface area contributed by atoms with Crippen molar-refractivity contribution < 1.29 is 14.0 Å². The lowest BCUT2D eigenvalue weighted by Gasteiger charge is -2.21. The lowest BCUT2D eigenvalue weighted by Crippen LogP contribution is -2.35. The second-order valence-corrected chi connectivity index (χ2v) is 8.63. The van der Waals surface area contributed by atoms with Gasteiger partial charge >= 0.3 is 0 Å². The first-order valence-corrected chi connectivity index (χ1v) is 11.4. The first-order valence-electron chi connectivity index (χ1n) is 11.4. The van der Waals surface area contributed by atoms with Crippen LogP contribution in [0.5, 0.6) is 0 Å². The second-order valence-electron chi connectivity index (χ2n) is 8.63. The van der Waals surface area contributed by atoms with Crippen molar-refractivity contribution >= 4 is 11.8 Å². The molecule has 0 saturated carbocycles. The third-order valence-electron chi connectivity index (χ3n) is 6.16. The summed E-state index contributed by atoms with van der Waals surface area (Å²) in [5, 5.41) is 7.31. The Hall–Kier alpha value is -3.48. The zero-order valence-electron chi connectivity index (χ0n) is 18.8. The Balaban J connectivity index is 1.22. The zero-order chi connectivity index (χ0) is 23.2. The van der Waals surface area contributed by atoms with E-state index in [0.717, 1.165) is 36.2 Å². The van der Waals surface area contributed by atoms with Crippen molar-refractivity contribution in [1.82, 2.24) is 20.0 Å². The summed E-state index contributed by atoms with van der Waals surface area (Å²) in [5.41, 5.74) is 3.79. The molecule has 2 heterocycles. The molecule has 0 bridgehead atoms. The molecule has 1 aliphatic heterocycles. The van der Waals surface area contributed by atoms with Crippen LogP contribution in [0.3, 0.4) is 0 Å². The molecule has 1 unspecified atom stereocenters. The van der Waals surface area contributed by atoms with Crippen LogP contribution in [0.15, 0.2) is 60.7 Å². The van der Waals surface area contributed by atoms with Crippen LogP contribution in [-0.2, 0) is 22.4 Å². The molecule has 0 radical (unpaired) electrons. The molecule has 33 heavy (non-hydrogen) atoms. The Labute approximate surface area is 193 Å². The molecule has 6 nitrogen and oxygen atoms in total. The van der Waals surface area contributed by atoms with Crippen LogP contribution in [0, 0.1) is 11.7 Å². The van der Waals surface area contributed by atoms with E-state index in [9.17, 15) is 14.0 Å². The highest BCUT2D eigenvalue weighted by molar-refractivity contribution is 5.89. The number of H-pyrrole nitrogens is 1. The van der Waals surface area contributed by atoms with Crippen LogP contribution in [-0.4, -0.2) is 58.5 Å². The minimum atomic E-state index is -0.273. The monoisotopic (exact) mass is 448 g/mol. The van der Waals surface area contributed by atoms with Crippen LogP contribution in [0.25, 0.3) is 11.3 Å². The Bertz CT molecular complexity index is 1080. The molecule has 2 aromatic carbocycles. The van der Waals surface area contributed by atoms with Crippen LogP contribution >= 0.6 is 0 Å². The number of benzene rings is 2. The quantitative estimate of drug-likeness (QED) is 0.543. The predicted molar refractivity (Wildman–Crippen MR) is 125 cm³/mol. The van der Waals surface area contributed by atoms with Gasteiger partial charge in [0.1, 0.15) is 5.82 Å². The summed E-state index contributed by atoms with van der Waals surface area (Å²) in [5.74, 6) is -0.452. The number of carbonyl (C=O) groups excluding carboxylic acids is 2. The van der Waals surface area contributed by atoms with Gasteiger partial charge in [-0.1, -0.05) is 30.3 Å². The number of amides is 2. The predicted octanol–water partition coefficient (Wildman–Crippen LogP) is 3.70. The minimum Gasteiger partial charge on any atom is -0.345 e. The number of rotatable bonds is 9. The molecule has 0 spiro atoms. The first-order chi connectivity index (χ1) is 16.0. The average molecular weight is 449 g/mol. The number of carbonyl (C=O) groups is 2. The van der Waals surface area contributed by atoms with Crippen LogP contribution in [0.4, 0.5) is 4.39 Å². The Morgan fingerprint density at radius 1 is 1.15 bits per heavy atom. The molecule has 1 aliphatic rings. The van der Waals surface area contributed by atoms with E-state index in [0.29, 0.717) is 26.1 Å². The van der Waals surface area contributed by atoms with Gasteiger partial charge < -0.3 is 9.80 Å². The highest BCUT2D eigenvalue weighted by atomic mass is 19.1. The third-order valence-corrected chi connectivity index (χ3v) is 6.16. The molecule has 3 aromatic rings.